The molecule has 0 spiro atoms. The van der Waals surface area contributed by atoms with E-state index in [0.29, 0.717) is 4.48 Å². The number of aliphatic imine (C=N–C) groups is 1. The molecule has 1 aliphatic carbocycles. The molecule has 1 aromatic rings. The predicted molar refractivity (Wildman–Crippen MR) is 109 cm³/mol. The van der Waals surface area contributed by atoms with Gasteiger partial charge in [0, 0.05) is 26.2 Å². The maximum atomic E-state index is 11.8. The van der Waals surface area contributed by atoms with Crippen molar-refractivity contribution in [3.8, 4) is 0 Å². The Morgan fingerprint density at radius 1 is 1.12 bits per heavy atom. The Kier molecular flexibility index (Phi) is 4.59. The lowest BCUT2D eigenvalue weighted by Gasteiger charge is -2.27. The normalized spacial score (nSPS) is 24.8. The molecule has 4 rings (SSSR count). The molecule has 0 bridgehead atoms. The maximum Gasteiger partial charge on any atom is 0.283 e. The maximum absolute atomic E-state index is 11.8. The number of quaternary nitrogens is 1. The zero-order valence-corrected chi connectivity index (χ0v) is 16.1. The molecule has 0 N–H and O–H groups in total. The Balaban J connectivity index is 1.72. The molecule has 0 saturated carbocycles. The molecule has 5 heteroatoms. The summed E-state index contributed by atoms with van der Waals surface area (Å²) in [6, 6.07) is 8.47. The second-order valence-corrected chi connectivity index (χ2v) is 8.20. The van der Waals surface area contributed by atoms with Crippen LogP contribution in [0.5, 0.6) is 0 Å². The topological polar surface area (TPSA) is 32.7 Å². The first-order chi connectivity index (χ1) is 12.6. The van der Waals surface area contributed by atoms with Gasteiger partial charge >= 0.3 is 0 Å². The third-order valence-corrected chi connectivity index (χ3v) is 6.58. The van der Waals surface area contributed by atoms with Gasteiger partial charge in [0.2, 0.25) is 12.0 Å². The number of aldehydes is 1. The van der Waals surface area contributed by atoms with Crippen LogP contribution in [0.15, 0.2) is 58.0 Å². The van der Waals surface area contributed by atoms with Crippen molar-refractivity contribution in [1.82, 2.24) is 0 Å². The molecule has 4 nitrogen and oxygen atoms in total. The van der Waals surface area contributed by atoms with Gasteiger partial charge in [0.05, 0.1) is 11.1 Å². The van der Waals surface area contributed by atoms with E-state index in [0.717, 1.165) is 35.6 Å². The van der Waals surface area contributed by atoms with Crippen LogP contribution >= 0.6 is 11.8 Å². The number of rotatable bonds is 4. The number of thioether (sulfide) groups is 1. The number of carbonyl (C=O) groups excluding carboxylic acids is 1. The van der Waals surface area contributed by atoms with E-state index < -0.39 is 0 Å². The van der Waals surface area contributed by atoms with Gasteiger partial charge in [-0.3, -0.25) is 4.79 Å². The van der Waals surface area contributed by atoms with Crippen molar-refractivity contribution in [3.05, 3.63) is 58.5 Å². The van der Waals surface area contributed by atoms with Crippen molar-refractivity contribution < 1.29 is 9.28 Å². The third kappa shape index (κ3) is 2.75. The van der Waals surface area contributed by atoms with Gasteiger partial charge in [0.15, 0.2) is 0 Å². The van der Waals surface area contributed by atoms with E-state index in [1.165, 1.54) is 35.6 Å². The Labute approximate surface area is 159 Å². The average Bonchev–Trinajstić information content (AvgIpc) is 3.03. The molecule has 3 aliphatic rings. The van der Waals surface area contributed by atoms with Crippen LogP contribution in [-0.4, -0.2) is 30.0 Å². The van der Waals surface area contributed by atoms with E-state index in [1.807, 2.05) is 14.1 Å². The minimum atomic E-state index is 0.416. The van der Waals surface area contributed by atoms with Gasteiger partial charge in [0.25, 0.3) is 5.17 Å². The molecule has 0 fully saturated rings. The smallest absolute Gasteiger partial charge is 0.283 e. The zero-order chi connectivity index (χ0) is 18.1. The molecule has 0 radical (unpaired) electrons. The second-order valence-electron chi connectivity index (χ2n) is 7.14. The molecular weight excluding hydrogens is 342 g/mol. The van der Waals surface area contributed by atoms with Crippen LogP contribution in [0.25, 0.3) is 6.08 Å². The van der Waals surface area contributed by atoms with Crippen LogP contribution < -0.4 is 4.90 Å². The Morgan fingerprint density at radius 2 is 1.88 bits per heavy atom. The monoisotopic (exact) mass is 366 g/mol. The molecule has 2 aliphatic heterocycles. The van der Waals surface area contributed by atoms with Gasteiger partial charge in [-0.2, -0.15) is 9.48 Å². The quantitative estimate of drug-likeness (QED) is 0.563. The van der Waals surface area contributed by atoms with Crippen molar-refractivity contribution in [2.75, 3.05) is 19.0 Å². The summed E-state index contributed by atoms with van der Waals surface area (Å²) in [6.07, 6.45) is 12.8. The largest absolute Gasteiger partial charge is 0.378 e. The summed E-state index contributed by atoms with van der Waals surface area (Å²) in [5.74, 6) is 0. The number of fused-ring (bicyclic) bond motifs is 2. The second kappa shape index (κ2) is 6.89. The summed E-state index contributed by atoms with van der Waals surface area (Å²) in [6.45, 7) is 0. The summed E-state index contributed by atoms with van der Waals surface area (Å²) in [4.78, 5) is 19.9. The Bertz CT molecular complexity index is 849. The number of benzene rings is 1. The number of amidine groups is 1. The highest BCUT2D eigenvalue weighted by Gasteiger charge is 2.52. The fourth-order valence-corrected chi connectivity index (χ4v) is 5.21. The molecule has 0 amide bonds. The molecule has 1 unspecified atom stereocenters. The molecular formula is C21H24N3OS+. The van der Waals surface area contributed by atoms with Crippen molar-refractivity contribution in [3.63, 3.8) is 0 Å². The van der Waals surface area contributed by atoms with Gasteiger partial charge in [-0.05, 0) is 54.8 Å². The minimum absolute atomic E-state index is 0.416. The highest BCUT2D eigenvalue weighted by molar-refractivity contribution is 8.17. The standard InChI is InChI=1S/C21H24N3OS/c1-23(2)17-10-8-16(9-11-17)12-13-24-18(15-25)14-22-21(24)26-20-7-5-3-4-6-19(20)24/h8-15H,3-7H2,1-2H3/q+1/b13-12+. The minimum Gasteiger partial charge on any atom is -0.378 e. The summed E-state index contributed by atoms with van der Waals surface area (Å²) in [5, 5.41) is 1.00. The van der Waals surface area contributed by atoms with E-state index in [-0.39, 0.29) is 0 Å². The number of nitrogens with zero attached hydrogens (tertiary/aromatic N) is 3. The number of anilines is 1. The van der Waals surface area contributed by atoms with Crippen LogP contribution in [0.3, 0.4) is 0 Å². The van der Waals surface area contributed by atoms with Gasteiger partial charge in [-0.1, -0.05) is 18.6 Å². The van der Waals surface area contributed by atoms with Crippen LogP contribution in [0.2, 0.25) is 0 Å². The summed E-state index contributed by atoms with van der Waals surface area (Å²) in [5.41, 5.74) is 4.38. The van der Waals surface area contributed by atoms with Crippen LogP contribution in [0.1, 0.15) is 37.7 Å². The summed E-state index contributed by atoms with van der Waals surface area (Å²) in [7, 11) is 4.08. The highest BCUT2D eigenvalue weighted by atomic mass is 32.2. The van der Waals surface area contributed by atoms with Crippen LogP contribution in [0.4, 0.5) is 5.69 Å². The zero-order valence-electron chi connectivity index (χ0n) is 15.3. The molecule has 134 valence electrons. The fraction of sp³-hybridized carbons (Fsp3) is 0.333. The lowest BCUT2D eigenvalue weighted by atomic mass is 10.1. The van der Waals surface area contributed by atoms with Crippen molar-refractivity contribution in [2.45, 2.75) is 32.1 Å². The van der Waals surface area contributed by atoms with Crippen molar-refractivity contribution in [1.29, 1.82) is 0 Å². The molecule has 26 heavy (non-hydrogen) atoms. The molecule has 0 saturated heterocycles. The lowest BCUT2D eigenvalue weighted by Crippen LogP contribution is -2.40. The van der Waals surface area contributed by atoms with Crippen LogP contribution in [-0.2, 0) is 4.79 Å². The average molecular weight is 367 g/mol. The van der Waals surface area contributed by atoms with Gasteiger partial charge < -0.3 is 4.90 Å². The van der Waals surface area contributed by atoms with Gasteiger partial charge in [-0.15, -0.1) is 0 Å². The van der Waals surface area contributed by atoms with E-state index >= 15 is 0 Å². The Morgan fingerprint density at radius 3 is 2.62 bits per heavy atom. The number of hydrogen-bond acceptors (Lipinski definition) is 4. The highest BCUT2D eigenvalue weighted by Crippen LogP contribution is 2.51. The molecule has 2 heterocycles. The first kappa shape index (κ1) is 17.3. The molecule has 1 aromatic carbocycles. The van der Waals surface area contributed by atoms with Crippen LogP contribution in [0, 0.1) is 0 Å². The van der Waals surface area contributed by atoms with E-state index in [1.54, 1.807) is 18.0 Å². The summed E-state index contributed by atoms with van der Waals surface area (Å²) < 4.78 is 0.416. The molecule has 1 atom stereocenters. The summed E-state index contributed by atoms with van der Waals surface area (Å²) >= 11 is 1.77. The van der Waals surface area contributed by atoms with E-state index in [4.69, 9.17) is 0 Å². The first-order valence-electron chi connectivity index (χ1n) is 9.15. The van der Waals surface area contributed by atoms with E-state index in [9.17, 15) is 4.79 Å². The van der Waals surface area contributed by atoms with Crippen molar-refractivity contribution in [2.24, 2.45) is 4.99 Å². The number of carbonyl (C=O) groups is 1. The predicted octanol–water partition coefficient (Wildman–Crippen LogP) is 4.87. The van der Waals surface area contributed by atoms with Crippen molar-refractivity contribution >= 4 is 35.0 Å². The van der Waals surface area contributed by atoms with E-state index in [2.05, 4.69) is 46.4 Å². The Hall–Kier alpha value is -2.11. The number of allylic oxidation sites excluding steroid dienone is 3. The SMILES string of the molecule is CN(C)c1ccc(/C=C/[N+]23C(C=O)=CN=C2SC2=C3CCCCC2)cc1. The number of hydrogen-bond donors (Lipinski definition) is 0. The lowest BCUT2D eigenvalue weighted by molar-refractivity contribution is -0.689. The molecule has 0 aromatic heterocycles. The fourth-order valence-electron chi connectivity index (χ4n) is 3.85. The third-order valence-electron chi connectivity index (χ3n) is 5.32. The van der Waals surface area contributed by atoms with Gasteiger partial charge in [-0.25, -0.2) is 0 Å². The van der Waals surface area contributed by atoms with Gasteiger partial charge in [0.1, 0.15) is 11.9 Å². The first-order valence-corrected chi connectivity index (χ1v) is 9.97.